The number of furan rings is 1. The van der Waals surface area contributed by atoms with Gasteiger partial charge < -0.3 is 20.4 Å². The second-order valence-corrected chi connectivity index (χ2v) is 6.61. The van der Waals surface area contributed by atoms with E-state index in [9.17, 15) is 14.4 Å². The van der Waals surface area contributed by atoms with Crippen LogP contribution in [0.15, 0.2) is 22.8 Å². The minimum Gasteiger partial charge on any atom is -0.459 e. The fraction of sp³-hybridized carbons (Fsp3) is 0.588. The van der Waals surface area contributed by atoms with Gasteiger partial charge in [0.1, 0.15) is 6.04 Å². The molecular formula is C17H24N4O4. The van der Waals surface area contributed by atoms with E-state index in [0.29, 0.717) is 13.1 Å². The van der Waals surface area contributed by atoms with Gasteiger partial charge in [-0.3, -0.25) is 19.3 Å². The first-order valence-corrected chi connectivity index (χ1v) is 8.71. The maximum Gasteiger partial charge on any atom is 0.287 e. The molecule has 3 amide bonds. The molecule has 3 atom stereocenters. The fourth-order valence-electron chi connectivity index (χ4n) is 3.40. The lowest BCUT2D eigenvalue weighted by Gasteiger charge is -2.36. The lowest BCUT2D eigenvalue weighted by Crippen LogP contribution is -2.55. The molecule has 2 aliphatic rings. The minimum absolute atomic E-state index is 0.0161. The molecule has 1 unspecified atom stereocenters. The second-order valence-electron chi connectivity index (χ2n) is 6.61. The van der Waals surface area contributed by atoms with Gasteiger partial charge in [0.25, 0.3) is 5.91 Å². The van der Waals surface area contributed by atoms with E-state index in [0.717, 1.165) is 25.8 Å². The summed E-state index contributed by atoms with van der Waals surface area (Å²) in [6.45, 7) is 3.88. The van der Waals surface area contributed by atoms with Gasteiger partial charge in [0.2, 0.25) is 11.8 Å². The topological polar surface area (TPSA) is 104 Å². The molecule has 0 radical (unpaired) electrons. The van der Waals surface area contributed by atoms with E-state index >= 15 is 0 Å². The standard InChI is InChI=1S/C17H24N4O4/c1-11(19-17(24)14-5-3-9-25-14)15(22)20-12-4-2-8-21(10-12)13-6-7-18-16(13)23/h3,5,9,11-13H,2,4,6-8,10H2,1H3,(H,18,23)(H,19,24)(H,20,22)/t11-,12+,13?/m0/s1. The van der Waals surface area contributed by atoms with Crippen molar-refractivity contribution >= 4 is 17.7 Å². The molecule has 0 saturated carbocycles. The van der Waals surface area contributed by atoms with Gasteiger partial charge in [-0.15, -0.1) is 0 Å². The van der Waals surface area contributed by atoms with E-state index in [-0.39, 0.29) is 29.7 Å². The third-order valence-electron chi connectivity index (χ3n) is 4.75. The summed E-state index contributed by atoms with van der Waals surface area (Å²) >= 11 is 0. The van der Waals surface area contributed by atoms with Gasteiger partial charge in [-0.2, -0.15) is 0 Å². The first-order valence-electron chi connectivity index (χ1n) is 8.71. The minimum atomic E-state index is -0.664. The lowest BCUT2D eigenvalue weighted by molar-refractivity contribution is -0.124. The number of hydrogen-bond donors (Lipinski definition) is 3. The summed E-state index contributed by atoms with van der Waals surface area (Å²) in [5.41, 5.74) is 0. The molecule has 2 aliphatic heterocycles. The lowest BCUT2D eigenvalue weighted by atomic mass is 10.0. The average molecular weight is 348 g/mol. The number of amides is 3. The number of hydrogen-bond acceptors (Lipinski definition) is 5. The SMILES string of the molecule is C[C@H](NC(=O)c1ccco1)C(=O)N[C@@H]1CCCN(C2CCNC2=O)C1. The quantitative estimate of drug-likeness (QED) is 0.688. The molecule has 2 fully saturated rings. The molecule has 8 nitrogen and oxygen atoms in total. The second kappa shape index (κ2) is 7.69. The van der Waals surface area contributed by atoms with Crippen LogP contribution >= 0.6 is 0 Å². The predicted molar refractivity (Wildman–Crippen MR) is 89.8 cm³/mol. The Kier molecular flexibility index (Phi) is 5.37. The zero-order valence-electron chi connectivity index (χ0n) is 14.3. The highest BCUT2D eigenvalue weighted by atomic mass is 16.3. The van der Waals surface area contributed by atoms with Crippen LogP contribution in [0.1, 0.15) is 36.7 Å². The van der Waals surface area contributed by atoms with Crippen LogP contribution in [-0.2, 0) is 9.59 Å². The van der Waals surface area contributed by atoms with Crippen molar-refractivity contribution in [3.05, 3.63) is 24.2 Å². The van der Waals surface area contributed by atoms with Crippen LogP contribution in [0.2, 0.25) is 0 Å². The molecule has 136 valence electrons. The van der Waals surface area contributed by atoms with Gasteiger partial charge >= 0.3 is 0 Å². The van der Waals surface area contributed by atoms with Gasteiger partial charge in [-0.25, -0.2) is 0 Å². The van der Waals surface area contributed by atoms with Gasteiger partial charge in [-0.1, -0.05) is 0 Å². The maximum atomic E-state index is 12.4. The van der Waals surface area contributed by atoms with Crippen LogP contribution in [0, 0.1) is 0 Å². The zero-order chi connectivity index (χ0) is 17.8. The normalized spacial score (nSPS) is 25.2. The molecule has 1 aromatic rings. The first kappa shape index (κ1) is 17.5. The largest absolute Gasteiger partial charge is 0.459 e. The Morgan fingerprint density at radius 1 is 1.40 bits per heavy atom. The summed E-state index contributed by atoms with van der Waals surface area (Å²) in [5, 5.41) is 8.45. The van der Waals surface area contributed by atoms with Crippen molar-refractivity contribution in [2.75, 3.05) is 19.6 Å². The van der Waals surface area contributed by atoms with Gasteiger partial charge in [0.05, 0.1) is 12.3 Å². The van der Waals surface area contributed by atoms with Crippen molar-refractivity contribution in [2.24, 2.45) is 0 Å². The molecule has 3 rings (SSSR count). The fourth-order valence-corrected chi connectivity index (χ4v) is 3.40. The van der Waals surface area contributed by atoms with E-state index in [1.807, 2.05) is 0 Å². The number of nitrogens with one attached hydrogen (secondary N) is 3. The summed E-state index contributed by atoms with van der Waals surface area (Å²) in [7, 11) is 0. The number of likely N-dealkylation sites (tertiary alicyclic amines) is 1. The van der Waals surface area contributed by atoms with Crippen molar-refractivity contribution < 1.29 is 18.8 Å². The van der Waals surface area contributed by atoms with E-state index in [1.54, 1.807) is 19.1 Å². The number of carbonyl (C=O) groups excluding carboxylic acids is 3. The summed E-state index contributed by atoms with van der Waals surface area (Å²) in [6.07, 6.45) is 4.03. The van der Waals surface area contributed by atoms with E-state index in [1.165, 1.54) is 6.26 Å². The first-order chi connectivity index (χ1) is 12.0. The molecule has 2 saturated heterocycles. The van der Waals surface area contributed by atoms with Gasteiger partial charge in [-0.05, 0) is 44.9 Å². The van der Waals surface area contributed by atoms with E-state index in [4.69, 9.17) is 4.42 Å². The van der Waals surface area contributed by atoms with Crippen LogP contribution in [0.25, 0.3) is 0 Å². The molecule has 1 aromatic heterocycles. The number of rotatable bonds is 5. The van der Waals surface area contributed by atoms with Crippen molar-refractivity contribution in [1.82, 2.24) is 20.9 Å². The van der Waals surface area contributed by atoms with Crippen LogP contribution in [0.4, 0.5) is 0 Å². The Morgan fingerprint density at radius 3 is 2.92 bits per heavy atom. The number of carbonyl (C=O) groups is 3. The third-order valence-corrected chi connectivity index (χ3v) is 4.75. The summed E-state index contributed by atoms with van der Waals surface area (Å²) in [6, 6.07) is 2.40. The van der Waals surface area contributed by atoms with Crippen molar-refractivity contribution in [2.45, 2.75) is 44.3 Å². The molecule has 8 heteroatoms. The van der Waals surface area contributed by atoms with Crippen molar-refractivity contribution in [3.8, 4) is 0 Å². The molecule has 0 spiro atoms. The van der Waals surface area contributed by atoms with Crippen LogP contribution in [0.3, 0.4) is 0 Å². The van der Waals surface area contributed by atoms with E-state index in [2.05, 4.69) is 20.9 Å². The van der Waals surface area contributed by atoms with Crippen molar-refractivity contribution in [1.29, 1.82) is 0 Å². The molecular weight excluding hydrogens is 324 g/mol. The molecule has 3 heterocycles. The maximum absolute atomic E-state index is 12.4. The highest BCUT2D eigenvalue weighted by molar-refractivity contribution is 5.95. The summed E-state index contributed by atoms with van der Waals surface area (Å²) in [4.78, 5) is 38.3. The van der Waals surface area contributed by atoms with Crippen LogP contribution in [0.5, 0.6) is 0 Å². The molecule has 25 heavy (non-hydrogen) atoms. The molecule has 0 aromatic carbocycles. The predicted octanol–water partition coefficient (Wildman–Crippen LogP) is -0.133. The van der Waals surface area contributed by atoms with Gasteiger partial charge in [0, 0.05) is 19.1 Å². The summed E-state index contributed by atoms with van der Waals surface area (Å²) in [5.74, 6) is -0.398. The smallest absolute Gasteiger partial charge is 0.287 e. The molecule has 0 bridgehead atoms. The summed E-state index contributed by atoms with van der Waals surface area (Å²) < 4.78 is 5.02. The number of piperidine rings is 1. The highest BCUT2D eigenvalue weighted by Gasteiger charge is 2.34. The molecule has 0 aliphatic carbocycles. The Morgan fingerprint density at radius 2 is 2.24 bits per heavy atom. The Labute approximate surface area is 146 Å². The van der Waals surface area contributed by atoms with Crippen molar-refractivity contribution in [3.63, 3.8) is 0 Å². The highest BCUT2D eigenvalue weighted by Crippen LogP contribution is 2.17. The van der Waals surface area contributed by atoms with Gasteiger partial charge in [0.15, 0.2) is 5.76 Å². The van der Waals surface area contributed by atoms with Crippen LogP contribution in [-0.4, -0.2) is 60.4 Å². The molecule has 3 N–H and O–H groups in total. The zero-order valence-corrected chi connectivity index (χ0v) is 14.3. The Hall–Kier alpha value is -2.35. The Bertz CT molecular complexity index is 631. The van der Waals surface area contributed by atoms with E-state index < -0.39 is 11.9 Å². The average Bonchev–Trinajstić information content (AvgIpc) is 3.26. The third kappa shape index (κ3) is 4.19. The number of nitrogens with zero attached hydrogens (tertiary/aromatic N) is 1. The van der Waals surface area contributed by atoms with Crippen LogP contribution < -0.4 is 16.0 Å². The monoisotopic (exact) mass is 348 g/mol. The Balaban J connectivity index is 1.49.